The molecular formula is C31H37N5O6. The summed E-state index contributed by atoms with van der Waals surface area (Å²) in [6, 6.07) is 20.1. The molecule has 1 amide bonds. The second-order valence-corrected chi connectivity index (χ2v) is 11.0. The number of imidazole rings is 1. The first-order chi connectivity index (χ1) is 20.0. The molecule has 1 unspecified atom stereocenters. The molecule has 4 rings (SSSR count). The Kier molecular flexibility index (Phi) is 9.54. The Morgan fingerprint density at radius 2 is 1.60 bits per heavy atom. The molecule has 0 saturated carbocycles. The topological polar surface area (TPSA) is 137 Å². The van der Waals surface area contributed by atoms with Crippen molar-refractivity contribution in [1.29, 1.82) is 0 Å². The third-order valence-corrected chi connectivity index (χ3v) is 6.83. The van der Waals surface area contributed by atoms with E-state index in [1.54, 1.807) is 4.57 Å². The lowest BCUT2D eigenvalue weighted by atomic mass is 9.68. The number of hydrogen-bond acceptors (Lipinski definition) is 8. The smallest absolute Gasteiger partial charge is 0.302 e. The molecule has 0 fully saturated rings. The van der Waals surface area contributed by atoms with Crippen LogP contribution in [0.15, 0.2) is 71.8 Å². The fraction of sp³-hybridized carbons (Fsp3) is 0.387. The van der Waals surface area contributed by atoms with Crippen LogP contribution in [0, 0.1) is 5.41 Å². The Balaban J connectivity index is 1.57. The number of benzene rings is 2. The molecule has 4 aromatic rings. The van der Waals surface area contributed by atoms with Crippen LogP contribution in [0.25, 0.3) is 11.2 Å². The molecule has 2 heterocycles. The molecule has 0 aliphatic rings. The number of anilines is 1. The minimum atomic E-state index is -0.834. The van der Waals surface area contributed by atoms with Crippen LogP contribution in [0.4, 0.5) is 5.95 Å². The molecule has 0 bridgehead atoms. The number of amides is 1. The molecule has 0 aliphatic carbocycles. The molecule has 0 aliphatic heterocycles. The minimum Gasteiger partial charge on any atom is -0.463 e. The van der Waals surface area contributed by atoms with Crippen molar-refractivity contribution in [3.05, 3.63) is 88.5 Å². The van der Waals surface area contributed by atoms with Gasteiger partial charge in [0.15, 0.2) is 11.2 Å². The highest BCUT2D eigenvalue weighted by molar-refractivity contribution is 5.87. The number of aromatic amines is 1. The minimum absolute atomic E-state index is 0.00555. The van der Waals surface area contributed by atoms with E-state index in [-0.39, 0.29) is 42.6 Å². The lowest BCUT2D eigenvalue weighted by molar-refractivity contribution is -0.157. The van der Waals surface area contributed by atoms with E-state index in [0.29, 0.717) is 12.2 Å². The predicted molar refractivity (Wildman–Crippen MR) is 158 cm³/mol. The Bertz CT molecular complexity index is 1520. The summed E-state index contributed by atoms with van der Waals surface area (Å²) in [5, 5.41) is 2.48. The highest BCUT2D eigenvalue weighted by Gasteiger charge is 2.46. The van der Waals surface area contributed by atoms with E-state index >= 15 is 0 Å². The van der Waals surface area contributed by atoms with E-state index in [2.05, 4.69) is 41.0 Å². The molecule has 2 N–H and O–H groups in total. The highest BCUT2D eigenvalue weighted by atomic mass is 16.6. The van der Waals surface area contributed by atoms with E-state index in [1.807, 2.05) is 60.7 Å². The van der Waals surface area contributed by atoms with Gasteiger partial charge in [-0.05, 0) is 16.5 Å². The fourth-order valence-electron chi connectivity index (χ4n) is 5.00. The van der Waals surface area contributed by atoms with Gasteiger partial charge in [-0.2, -0.15) is 4.98 Å². The van der Waals surface area contributed by atoms with Crippen molar-refractivity contribution < 1.29 is 23.8 Å². The molecule has 1 atom stereocenters. The van der Waals surface area contributed by atoms with Crippen molar-refractivity contribution in [3.8, 4) is 0 Å². The van der Waals surface area contributed by atoms with Crippen molar-refractivity contribution in [3.63, 3.8) is 0 Å². The Labute approximate surface area is 244 Å². The molecule has 11 heteroatoms. The standard InChI is InChI=1S/C31H37N5O6/c1-21(37)33-29-34-27-26(28(39)35-29)32-20-36(27)16-17-40-25(18-41-22(2)38)19-42-31(30(3,4)5,23-12-8-6-9-13-23)24-14-10-7-11-15-24/h6-15,20,25H,16-19H2,1-5H3,(H2,33,34,35,37,39). The van der Waals surface area contributed by atoms with E-state index in [0.717, 1.165) is 11.1 Å². The van der Waals surface area contributed by atoms with Crippen LogP contribution < -0.4 is 10.9 Å². The summed E-state index contributed by atoms with van der Waals surface area (Å²) in [6.07, 6.45) is 0.894. The van der Waals surface area contributed by atoms with Gasteiger partial charge >= 0.3 is 5.97 Å². The largest absolute Gasteiger partial charge is 0.463 e. The molecule has 0 spiro atoms. The predicted octanol–water partition coefficient (Wildman–Crippen LogP) is 4.03. The number of nitrogens with one attached hydrogen (secondary N) is 2. The van der Waals surface area contributed by atoms with Crippen molar-refractivity contribution in [1.82, 2.24) is 19.5 Å². The van der Waals surface area contributed by atoms with E-state index in [9.17, 15) is 14.4 Å². The quantitative estimate of drug-likeness (QED) is 0.242. The maximum Gasteiger partial charge on any atom is 0.302 e. The van der Waals surface area contributed by atoms with Crippen LogP contribution in [-0.2, 0) is 35.9 Å². The number of aromatic nitrogens is 4. The number of carbonyl (C=O) groups is 2. The lowest BCUT2D eigenvalue weighted by Gasteiger charge is -2.46. The average molecular weight is 576 g/mol. The first-order valence-corrected chi connectivity index (χ1v) is 13.7. The number of carbonyl (C=O) groups excluding carboxylic acids is 2. The van der Waals surface area contributed by atoms with Crippen molar-refractivity contribution in [2.24, 2.45) is 5.41 Å². The first-order valence-electron chi connectivity index (χ1n) is 13.7. The number of fused-ring (bicyclic) bond motifs is 1. The van der Waals surface area contributed by atoms with Crippen LogP contribution in [0.2, 0.25) is 0 Å². The van der Waals surface area contributed by atoms with Gasteiger partial charge in [0.1, 0.15) is 18.3 Å². The zero-order valence-electron chi connectivity index (χ0n) is 24.5. The normalized spacial score (nSPS) is 12.7. The van der Waals surface area contributed by atoms with Crippen LogP contribution in [0.3, 0.4) is 0 Å². The Morgan fingerprint density at radius 1 is 0.976 bits per heavy atom. The van der Waals surface area contributed by atoms with E-state index < -0.39 is 23.2 Å². The summed E-state index contributed by atoms with van der Waals surface area (Å²) >= 11 is 0. The number of esters is 1. The van der Waals surface area contributed by atoms with E-state index in [1.165, 1.54) is 20.2 Å². The van der Waals surface area contributed by atoms with Gasteiger partial charge in [0.25, 0.3) is 5.56 Å². The van der Waals surface area contributed by atoms with Gasteiger partial charge in [0.05, 0.1) is 19.5 Å². The number of H-pyrrole nitrogens is 1. The summed E-state index contributed by atoms with van der Waals surface area (Å²) in [5.74, 6) is -0.756. The zero-order valence-corrected chi connectivity index (χ0v) is 24.5. The maximum atomic E-state index is 12.4. The van der Waals surface area contributed by atoms with Gasteiger partial charge in [-0.25, -0.2) is 4.98 Å². The lowest BCUT2D eigenvalue weighted by Crippen LogP contribution is -2.46. The SMILES string of the molecule is CC(=O)Nc1nc2c(ncn2CCOC(COC(C)=O)COC(c2ccccc2)(c2ccccc2)C(C)(C)C)c(=O)[nH]1. The molecule has 11 nitrogen and oxygen atoms in total. The number of ether oxygens (including phenoxy) is 3. The molecule has 2 aromatic heterocycles. The van der Waals surface area contributed by atoms with Gasteiger partial charge < -0.3 is 18.8 Å². The third-order valence-electron chi connectivity index (χ3n) is 6.83. The van der Waals surface area contributed by atoms with Crippen molar-refractivity contribution in [2.45, 2.75) is 52.9 Å². The van der Waals surface area contributed by atoms with Gasteiger partial charge in [-0.3, -0.25) is 24.7 Å². The number of rotatable bonds is 12. The Hall–Kier alpha value is -4.35. The summed E-state index contributed by atoms with van der Waals surface area (Å²) in [6.45, 7) is 9.66. The zero-order chi connectivity index (χ0) is 30.3. The van der Waals surface area contributed by atoms with Crippen molar-refractivity contribution in [2.75, 3.05) is 25.1 Å². The number of hydrogen-bond donors (Lipinski definition) is 2. The third kappa shape index (κ3) is 6.92. The molecule has 42 heavy (non-hydrogen) atoms. The van der Waals surface area contributed by atoms with Crippen molar-refractivity contribution >= 4 is 29.0 Å². The second kappa shape index (κ2) is 13.1. The van der Waals surface area contributed by atoms with Gasteiger partial charge in [-0.15, -0.1) is 0 Å². The second-order valence-electron chi connectivity index (χ2n) is 11.0. The maximum absolute atomic E-state index is 12.4. The van der Waals surface area contributed by atoms with Crippen LogP contribution in [-0.4, -0.2) is 57.3 Å². The van der Waals surface area contributed by atoms with Gasteiger partial charge in [-0.1, -0.05) is 81.4 Å². The molecule has 222 valence electrons. The summed E-state index contributed by atoms with van der Waals surface area (Å²) in [5.41, 5.74) is 0.756. The Morgan fingerprint density at radius 3 is 2.14 bits per heavy atom. The molecule has 2 aromatic carbocycles. The monoisotopic (exact) mass is 575 g/mol. The highest BCUT2D eigenvalue weighted by Crippen LogP contribution is 2.48. The van der Waals surface area contributed by atoms with Crippen LogP contribution in [0.5, 0.6) is 0 Å². The summed E-state index contributed by atoms with van der Waals surface area (Å²) in [7, 11) is 0. The van der Waals surface area contributed by atoms with Crippen LogP contribution in [0.1, 0.15) is 45.7 Å². The molecule has 0 radical (unpaired) electrons. The van der Waals surface area contributed by atoms with Gasteiger partial charge in [0.2, 0.25) is 11.9 Å². The number of nitrogens with zero attached hydrogens (tertiary/aromatic N) is 3. The summed E-state index contributed by atoms with van der Waals surface area (Å²) in [4.78, 5) is 46.5. The molecular weight excluding hydrogens is 538 g/mol. The summed E-state index contributed by atoms with van der Waals surface area (Å²) < 4.78 is 20.0. The molecule has 0 saturated heterocycles. The van der Waals surface area contributed by atoms with Crippen LogP contribution >= 0.6 is 0 Å². The van der Waals surface area contributed by atoms with Gasteiger partial charge in [0, 0.05) is 20.4 Å². The first kappa shape index (κ1) is 30.6. The average Bonchev–Trinajstić information content (AvgIpc) is 3.35. The van der Waals surface area contributed by atoms with E-state index in [4.69, 9.17) is 14.2 Å². The fourth-order valence-corrected chi connectivity index (χ4v) is 5.00.